The molecule has 0 saturated carbocycles. The van der Waals surface area contributed by atoms with Gasteiger partial charge in [-0.15, -0.1) is 6.58 Å². The second-order valence-electron chi connectivity index (χ2n) is 6.12. The van der Waals surface area contributed by atoms with E-state index in [1.165, 1.54) is 11.0 Å². The number of carboxylic acids is 1. The van der Waals surface area contributed by atoms with Crippen LogP contribution < -0.4 is 0 Å². The maximum Gasteiger partial charge on any atom is 0.335 e. The number of esters is 1. The molecule has 2 aliphatic heterocycles. The molecule has 25 heavy (non-hydrogen) atoms. The average Bonchev–Trinajstić information content (AvgIpc) is 2.82. The van der Waals surface area contributed by atoms with E-state index in [-0.39, 0.29) is 25.4 Å². The van der Waals surface area contributed by atoms with Gasteiger partial charge in [0.05, 0.1) is 12.8 Å². The number of hydrogen-bond acceptors (Lipinski definition) is 5. The van der Waals surface area contributed by atoms with Crippen LogP contribution in [0.4, 0.5) is 0 Å². The first-order valence-electron chi connectivity index (χ1n) is 8.00. The highest BCUT2D eigenvalue weighted by molar-refractivity contribution is 5.94. The highest BCUT2D eigenvalue weighted by Gasteiger charge is 2.66. The number of ether oxygens (including phenoxy) is 2. The van der Waals surface area contributed by atoms with Crippen LogP contribution in [0.3, 0.4) is 0 Å². The SMILES string of the molecule is C=CCC1(C(=O)OCc2ccccc2)C(CC(=O)O)O[C@@H]2CC(=O)N21. The molecule has 2 heterocycles. The maximum atomic E-state index is 12.9. The van der Waals surface area contributed by atoms with E-state index >= 15 is 0 Å². The van der Waals surface area contributed by atoms with Crippen LogP contribution in [0.15, 0.2) is 43.0 Å². The largest absolute Gasteiger partial charge is 0.481 e. The summed E-state index contributed by atoms with van der Waals surface area (Å²) < 4.78 is 11.1. The molecule has 2 saturated heterocycles. The molecule has 7 heteroatoms. The van der Waals surface area contributed by atoms with E-state index in [9.17, 15) is 14.4 Å². The lowest BCUT2D eigenvalue weighted by molar-refractivity contribution is -0.174. The molecule has 7 nitrogen and oxygen atoms in total. The third kappa shape index (κ3) is 2.91. The predicted octanol–water partition coefficient (Wildman–Crippen LogP) is 1.48. The van der Waals surface area contributed by atoms with Crippen LogP contribution in [0.5, 0.6) is 0 Å². The quantitative estimate of drug-likeness (QED) is 0.457. The first-order valence-corrected chi connectivity index (χ1v) is 8.00. The Kier molecular flexibility index (Phi) is 4.59. The molecule has 132 valence electrons. The number of nitrogens with zero attached hydrogens (tertiary/aromatic N) is 1. The zero-order valence-electron chi connectivity index (χ0n) is 13.6. The zero-order valence-corrected chi connectivity index (χ0v) is 13.6. The van der Waals surface area contributed by atoms with Crippen molar-refractivity contribution in [2.45, 2.75) is 43.7 Å². The smallest absolute Gasteiger partial charge is 0.335 e. The van der Waals surface area contributed by atoms with E-state index < -0.39 is 36.2 Å². The molecular formula is C18H19NO6. The normalized spacial score (nSPS) is 27.4. The second kappa shape index (κ2) is 6.68. The number of hydrogen-bond donors (Lipinski definition) is 1. The maximum absolute atomic E-state index is 12.9. The van der Waals surface area contributed by atoms with Crippen molar-refractivity contribution >= 4 is 17.8 Å². The lowest BCUT2D eigenvalue weighted by Gasteiger charge is -2.43. The molecule has 1 aromatic carbocycles. The Balaban J connectivity index is 1.86. The van der Waals surface area contributed by atoms with Crippen LogP contribution in [0.2, 0.25) is 0 Å². The summed E-state index contributed by atoms with van der Waals surface area (Å²) in [6.07, 6.45) is -0.254. The summed E-state index contributed by atoms with van der Waals surface area (Å²) >= 11 is 0. The summed E-state index contributed by atoms with van der Waals surface area (Å²) in [5.41, 5.74) is -0.681. The van der Waals surface area contributed by atoms with Gasteiger partial charge in [0.2, 0.25) is 5.91 Å². The summed E-state index contributed by atoms with van der Waals surface area (Å²) in [7, 11) is 0. The molecular weight excluding hydrogens is 326 g/mol. The Labute approximate surface area is 144 Å². The number of aliphatic carboxylic acids is 1. The van der Waals surface area contributed by atoms with Crippen molar-refractivity contribution in [3.05, 3.63) is 48.6 Å². The van der Waals surface area contributed by atoms with Crippen LogP contribution in [0, 0.1) is 0 Å². The fourth-order valence-corrected chi connectivity index (χ4v) is 3.42. The summed E-state index contributed by atoms with van der Waals surface area (Å²) in [5, 5.41) is 9.16. The van der Waals surface area contributed by atoms with Gasteiger partial charge in [0.25, 0.3) is 0 Å². The number of fused-ring (bicyclic) bond motifs is 1. The summed E-state index contributed by atoms with van der Waals surface area (Å²) in [6.45, 7) is 3.68. The van der Waals surface area contributed by atoms with Gasteiger partial charge in [0.1, 0.15) is 18.9 Å². The number of amides is 1. The van der Waals surface area contributed by atoms with Crippen LogP contribution >= 0.6 is 0 Å². The Hall–Kier alpha value is -2.67. The van der Waals surface area contributed by atoms with E-state index in [2.05, 4.69) is 6.58 Å². The molecule has 3 atom stereocenters. The van der Waals surface area contributed by atoms with Crippen molar-refractivity contribution in [3.63, 3.8) is 0 Å². The Bertz CT molecular complexity index is 703. The van der Waals surface area contributed by atoms with Crippen molar-refractivity contribution in [1.82, 2.24) is 4.90 Å². The minimum Gasteiger partial charge on any atom is -0.481 e. The van der Waals surface area contributed by atoms with E-state index in [0.717, 1.165) is 5.56 Å². The van der Waals surface area contributed by atoms with E-state index in [4.69, 9.17) is 14.6 Å². The Morgan fingerprint density at radius 1 is 1.40 bits per heavy atom. The van der Waals surface area contributed by atoms with Gasteiger partial charge in [-0.05, 0) is 5.56 Å². The second-order valence-corrected chi connectivity index (χ2v) is 6.12. The molecule has 3 rings (SSSR count). The standard InChI is InChI=1S/C18H19NO6/c1-2-8-18(17(23)24-11-12-6-4-3-5-7-12)13(9-16(21)22)25-15-10-14(20)19(15)18/h2-7,13,15H,1,8-11H2,(H,21,22)/t13?,15-,18?/m1/s1. The van der Waals surface area contributed by atoms with Gasteiger partial charge in [-0.1, -0.05) is 36.4 Å². The summed E-state index contributed by atoms with van der Waals surface area (Å²) in [4.78, 5) is 37.5. The van der Waals surface area contributed by atoms with Gasteiger partial charge in [0.15, 0.2) is 5.54 Å². The monoisotopic (exact) mass is 345 g/mol. The molecule has 2 aliphatic rings. The van der Waals surface area contributed by atoms with Gasteiger partial charge < -0.3 is 14.6 Å². The number of carbonyl (C=O) groups is 3. The number of benzene rings is 1. The van der Waals surface area contributed by atoms with E-state index in [1.807, 2.05) is 30.3 Å². The van der Waals surface area contributed by atoms with Crippen molar-refractivity contribution in [2.75, 3.05) is 0 Å². The minimum absolute atomic E-state index is 0.0328. The number of rotatable bonds is 7. The fraction of sp³-hybridized carbons (Fsp3) is 0.389. The molecule has 2 fully saturated rings. The molecule has 1 amide bonds. The number of β-lactam (4-membered cyclic amide) rings is 1. The van der Waals surface area contributed by atoms with Crippen LogP contribution in [0.1, 0.15) is 24.8 Å². The number of carbonyl (C=O) groups excluding carboxylic acids is 2. The van der Waals surface area contributed by atoms with E-state index in [1.54, 1.807) is 0 Å². The van der Waals surface area contributed by atoms with Crippen molar-refractivity contribution < 1.29 is 29.0 Å². The first kappa shape index (κ1) is 17.2. The molecule has 0 spiro atoms. The van der Waals surface area contributed by atoms with Gasteiger partial charge >= 0.3 is 11.9 Å². The third-order valence-corrected chi connectivity index (χ3v) is 4.57. The lowest BCUT2D eigenvalue weighted by Crippen LogP contribution is -2.65. The van der Waals surface area contributed by atoms with Crippen molar-refractivity contribution in [2.24, 2.45) is 0 Å². The number of carboxylic acid groups (broad SMARTS) is 1. The Morgan fingerprint density at radius 3 is 2.72 bits per heavy atom. The van der Waals surface area contributed by atoms with Crippen molar-refractivity contribution in [1.29, 1.82) is 0 Å². The summed E-state index contributed by atoms with van der Waals surface area (Å²) in [6, 6.07) is 9.12. The molecule has 1 aromatic rings. The topological polar surface area (TPSA) is 93.1 Å². The van der Waals surface area contributed by atoms with E-state index in [0.29, 0.717) is 0 Å². The van der Waals surface area contributed by atoms with Gasteiger partial charge in [-0.25, -0.2) is 4.79 Å². The minimum atomic E-state index is -1.48. The van der Waals surface area contributed by atoms with Crippen LogP contribution in [0.25, 0.3) is 0 Å². The molecule has 1 N–H and O–H groups in total. The lowest BCUT2D eigenvalue weighted by atomic mass is 9.84. The van der Waals surface area contributed by atoms with Gasteiger partial charge in [0, 0.05) is 6.42 Å². The first-order chi connectivity index (χ1) is 12.0. The third-order valence-electron chi connectivity index (χ3n) is 4.57. The molecule has 2 unspecified atom stereocenters. The fourth-order valence-electron chi connectivity index (χ4n) is 3.42. The van der Waals surface area contributed by atoms with Gasteiger partial charge in [-0.2, -0.15) is 0 Å². The highest BCUT2D eigenvalue weighted by Crippen LogP contribution is 2.45. The zero-order chi connectivity index (χ0) is 18.0. The molecule has 0 aliphatic carbocycles. The van der Waals surface area contributed by atoms with Gasteiger partial charge in [-0.3, -0.25) is 14.5 Å². The highest BCUT2D eigenvalue weighted by atomic mass is 16.6. The van der Waals surface area contributed by atoms with Crippen LogP contribution in [-0.4, -0.2) is 45.7 Å². The van der Waals surface area contributed by atoms with Crippen molar-refractivity contribution in [3.8, 4) is 0 Å². The average molecular weight is 345 g/mol. The van der Waals surface area contributed by atoms with Crippen LogP contribution in [-0.2, 0) is 30.5 Å². The summed E-state index contributed by atoms with van der Waals surface area (Å²) in [5.74, 6) is -2.03. The molecule has 0 bridgehead atoms. The Morgan fingerprint density at radius 2 is 2.12 bits per heavy atom. The molecule has 0 aromatic heterocycles. The molecule has 0 radical (unpaired) electrons. The predicted molar refractivity (Wildman–Crippen MR) is 86.2 cm³/mol.